The molecule has 0 aliphatic heterocycles. The molecule has 20 heavy (non-hydrogen) atoms. The van der Waals surface area contributed by atoms with Crippen molar-refractivity contribution >= 4 is 32.9 Å². The summed E-state index contributed by atoms with van der Waals surface area (Å²) >= 11 is 3.38. The number of aryl methyl sites for hydroxylation is 1. The molecule has 0 radical (unpaired) electrons. The molecular weight excluding hydrogens is 288 g/mol. The van der Waals surface area contributed by atoms with E-state index in [2.05, 4.69) is 41.4 Å². The van der Waals surface area contributed by atoms with Crippen LogP contribution in [0.1, 0.15) is 26.5 Å². The van der Waals surface area contributed by atoms with Gasteiger partial charge in [-0.25, -0.2) is 9.97 Å². The Morgan fingerprint density at radius 2 is 2.05 bits per heavy atom. The first-order valence-electron chi connectivity index (χ1n) is 6.88. The molecule has 2 aromatic rings. The van der Waals surface area contributed by atoms with Crippen molar-refractivity contribution in [1.29, 1.82) is 0 Å². The zero-order valence-electron chi connectivity index (χ0n) is 12.7. The lowest BCUT2D eigenvalue weighted by molar-refractivity contribution is 0.688. The van der Waals surface area contributed by atoms with Gasteiger partial charge in [-0.1, -0.05) is 32.1 Å². The molecule has 4 nitrogen and oxygen atoms in total. The molecule has 0 aliphatic carbocycles. The fourth-order valence-electron chi connectivity index (χ4n) is 1.72. The molecule has 0 aliphatic rings. The fourth-order valence-corrected chi connectivity index (χ4v) is 3.54. The summed E-state index contributed by atoms with van der Waals surface area (Å²) in [5.41, 5.74) is 2.18. The topological polar surface area (TPSA) is 41.1 Å². The molecule has 0 spiro atoms. The van der Waals surface area contributed by atoms with Crippen LogP contribution in [-0.2, 0) is 6.42 Å². The van der Waals surface area contributed by atoms with Gasteiger partial charge in [0.05, 0.1) is 16.3 Å². The second-order valence-corrected chi connectivity index (χ2v) is 7.17. The van der Waals surface area contributed by atoms with E-state index in [1.165, 1.54) is 4.88 Å². The van der Waals surface area contributed by atoms with Crippen LogP contribution >= 0.6 is 22.7 Å². The maximum absolute atomic E-state index is 4.69. The quantitative estimate of drug-likeness (QED) is 0.876. The van der Waals surface area contributed by atoms with E-state index >= 15 is 0 Å². The molecule has 0 amide bonds. The predicted octanol–water partition coefficient (Wildman–Crippen LogP) is 3.96. The van der Waals surface area contributed by atoms with Gasteiger partial charge in [0, 0.05) is 26.0 Å². The number of anilines is 2. The van der Waals surface area contributed by atoms with Crippen LogP contribution < -0.4 is 10.2 Å². The Hall–Kier alpha value is -1.14. The Morgan fingerprint density at radius 1 is 1.30 bits per heavy atom. The Balaban J connectivity index is 2.22. The molecule has 0 unspecified atom stereocenters. The molecule has 0 fully saturated rings. The van der Waals surface area contributed by atoms with Gasteiger partial charge < -0.3 is 10.2 Å². The molecule has 2 rings (SSSR count). The monoisotopic (exact) mass is 310 g/mol. The van der Waals surface area contributed by atoms with E-state index in [4.69, 9.17) is 4.98 Å². The molecule has 110 valence electrons. The van der Waals surface area contributed by atoms with E-state index in [0.29, 0.717) is 5.92 Å². The van der Waals surface area contributed by atoms with E-state index in [9.17, 15) is 0 Å². The normalized spacial score (nSPS) is 11.1. The number of thiazole rings is 2. The number of hydrogen-bond acceptors (Lipinski definition) is 6. The molecule has 6 heteroatoms. The molecular formula is C14H22N4S2. The van der Waals surface area contributed by atoms with Crippen molar-refractivity contribution in [3.8, 4) is 10.6 Å². The average Bonchev–Trinajstić information content (AvgIpc) is 3.02. The molecule has 0 saturated carbocycles. The second kappa shape index (κ2) is 6.54. The minimum atomic E-state index is 0.623. The van der Waals surface area contributed by atoms with Crippen molar-refractivity contribution in [1.82, 2.24) is 9.97 Å². The van der Waals surface area contributed by atoms with Crippen LogP contribution in [0.15, 0.2) is 5.38 Å². The van der Waals surface area contributed by atoms with E-state index in [1.54, 1.807) is 22.7 Å². The van der Waals surface area contributed by atoms with Gasteiger partial charge in [0.1, 0.15) is 0 Å². The summed E-state index contributed by atoms with van der Waals surface area (Å²) in [7, 11) is 4.05. The first kappa shape index (κ1) is 15.3. The molecule has 0 bridgehead atoms. The highest BCUT2D eigenvalue weighted by atomic mass is 32.1. The second-order valence-electron chi connectivity index (χ2n) is 5.33. The van der Waals surface area contributed by atoms with Crippen molar-refractivity contribution < 1.29 is 0 Å². The number of hydrogen-bond donors (Lipinski definition) is 1. The number of rotatable bonds is 6. The third-order valence-corrected chi connectivity index (χ3v) is 4.89. The molecule has 0 saturated heterocycles. The zero-order valence-corrected chi connectivity index (χ0v) is 14.4. The lowest BCUT2D eigenvalue weighted by atomic mass is 10.2. The van der Waals surface area contributed by atoms with E-state index in [0.717, 1.165) is 34.6 Å². The summed E-state index contributed by atoms with van der Waals surface area (Å²) < 4.78 is 0. The van der Waals surface area contributed by atoms with Crippen molar-refractivity contribution in [3.63, 3.8) is 0 Å². The molecule has 0 aromatic carbocycles. The number of aromatic nitrogens is 2. The number of nitrogens with zero attached hydrogens (tertiary/aromatic N) is 3. The van der Waals surface area contributed by atoms with Crippen LogP contribution in [-0.4, -0.2) is 30.6 Å². The van der Waals surface area contributed by atoms with Crippen LogP contribution in [0.4, 0.5) is 10.3 Å². The summed E-state index contributed by atoms with van der Waals surface area (Å²) in [6.07, 6.45) is 0.936. The smallest absolute Gasteiger partial charge is 0.185 e. The lowest BCUT2D eigenvalue weighted by Crippen LogP contribution is -2.07. The maximum Gasteiger partial charge on any atom is 0.185 e. The van der Waals surface area contributed by atoms with E-state index < -0.39 is 0 Å². The summed E-state index contributed by atoms with van der Waals surface area (Å²) in [5.74, 6) is 0.623. The van der Waals surface area contributed by atoms with Crippen molar-refractivity contribution in [2.24, 2.45) is 5.92 Å². The summed E-state index contributed by atoms with van der Waals surface area (Å²) in [4.78, 5) is 12.6. The van der Waals surface area contributed by atoms with Crippen LogP contribution in [0, 0.1) is 5.92 Å². The van der Waals surface area contributed by atoms with Gasteiger partial charge in [-0.15, -0.1) is 11.3 Å². The largest absolute Gasteiger partial charge is 0.361 e. The highest BCUT2D eigenvalue weighted by Crippen LogP contribution is 2.36. The number of nitrogens with one attached hydrogen (secondary N) is 1. The van der Waals surface area contributed by atoms with Gasteiger partial charge in [0.25, 0.3) is 0 Å². The lowest BCUT2D eigenvalue weighted by Gasteiger charge is -2.05. The van der Waals surface area contributed by atoms with Crippen LogP contribution in [0.3, 0.4) is 0 Å². The van der Waals surface area contributed by atoms with Gasteiger partial charge in [0.15, 0.2) is 10.3 Å². The van der Waals surface area contributed by atoms with Crippen LogP contribution in [0.5, 0.6) is 0 Å². The first-order valence-corrected chi connectivity index (χ1v) is 8.57. The Morgan fingerprint density at radius 3 is 2.65 bits per heavy atom. The van der Waals surface area contributed by atoms with Crippen LogP contribution in [0.2, 0.25) is 0 Å². The van der Waals surface area contributed by atoms with Crippen molar-refractivity contribution in [2.45, 2.75) is 27.2 Å². The van der Waals surface area contributed by atoms with Gasteiger partial charge in [-0.05, 0) is 12.3 Å². The molecule has 2 heterocycles. The highest BCUT2D eigenvalue weighted by molar-refractivity contribution is 7.19. The maximum atomic E-state index is 4.69. The molecule has 2 aromatic heterocycles. The Bertz CT molecular complexity index is 557. The SMILES string of the molecule is CCc1nc(N(C)C)sc1-c1csc(NCC(C)C)n1. The predicted molar refractivity (Wildman–Crippen MR) is 90.3 cm³/mol. The van der Waals surface area contributed by atoms with E-state index in [1.807, 2.05) is 14.1 Å². The summed E-state index contributed by atoms with van der Waals surface area (Å²) in [6, 6.07) is 0. The fraction of sp³-hybridized carbons (Fsp3) is 0.571. The van der Waals surface area contributed by atoms with Gasteiger partial charge in [-0.2, -0.15) is 0 Å². The van der Waals surface area contributed by atoms with Crippen LogP contribution in [0.25, 0.3) is 10.6 Å². The van der Waals surface area contributed by atoms with Crippen molar-refractivity contribution in [2.75, 3.05) is 30.9 Å². The molecule has 0 atom stereocenters. The van der Waals surface area contributed by atoms with Gasteiger partial charge in [-0.3, -0.25) is 0 Å². The summed E-state index contributed by atoms with van der Waals surface area (Å²) in [5, 5.41) is 7.54. The van der Waals surface area contributed by atoms with Gasteiger partial charge in [0.2, 0.25) is 0 Å². The third kappa shape index (κ3) is 3.49. The van der Waals surface area contributed by atoms with Crippen molar-refractivity contribution in [3.05, 3.63) is 11.1 Å². The van der Waals surface area contributed by atoms with E-state index in [-0.39, 0.29) is 0 Å². The minimum absolute atomic E-state index is 0.623. The Kier molecular flexibility index (Phi) is 4.99. The third-order valence-electron chi connectivity index (χ3n) is 2.80. The highest BCUT2D eigenvalue weighted by Gasteiger charge is 2.15. The standard InChI is InChI=1S/C14H22N4S2/c1-6-10-12(20-14(17-10)18(4)5)11-8-19-13(16-11)15-7-9(2)3/h8-9H,6-7H2,1-5H3,(H,15,16). The molecule has 1 N–H and O–H groups in total. The average molecular weight is 310 g/mol. The minimum Gasteiger partial charge on any atom is -0.361 e. The Labute approximate surface area is 128 Å². The first-order chi connectivity index (χ1) is 9.51. The zero-order chi connectivity index (χ0) is 14.7. The van der Waals surface area contributed by atoms with Gasteiger partial charge >= 0.3 is 0 Å². The summed E-state index contributed by atoms with van der Waals surface area (Å²) in [6.45, 7) is 7.49.